The smallest absolute Gasteiger partial charge is 0.119 e. The quantitative estimate of drug-likeness (QED) is 0.590. The van der Waals surface area contributed by atoms with E-state index in [1.165, 1.54) is 23.1 Å². The second-order valence-corrected chi connectivity index (χ2v) is 9.60. The summed E-state index contributed by atoms with van der Waals surface area (Å²) in [5.74, 6) is 1.51. The van der Waals surface area contributed by atoms with Gasteiger partial charge in [0.2, 0.25) is 0 Å². The molecule has 1 heterocycles. The van der Waals surface area contributed by atoms with E-state index in [1.54, 1.807) is 0 Å². The SMILES string of the molecule is Cc1ccc([C@]2(CC[NH2+]Cc3ccc(OC(C)C)cc3)CCO[C@H](C(C)C)C2)cc1. The molecule has 0 saturated carbocycles. The average molecular weight is 411 g/mol. The Morgan fingerprint density at radius 1 is 1.03 bits per heavy atom. The highest BCUT2D eigenvalue weighted by Gasteiger charge is 2.39. The second-order valence-electron chi connectivity index (χ2n) is 9.60. The van der Waals surface area contributed by atoms with E-state index < -0.39 is 0 Å². The maximum absolute atomic E-state index is 6.13. The van der Waals surface area contributed by atoms with Crippen molar-refractivity contribution in [2.75, 3.05) is 13.2 Å². The molecule has 0 aliphatic carbocycles. The molecule has 3 rings (SSSR count). The molecular formula is C27H40NO2+. The van der Waals surface area contributed by atoms with E-state index in [9.17, 15) is 0 Å². The monoisotopic (exact) mass is 410 g/mol. The summed E-state index contributed by atoms with van der Waals surface area (Å²) < 4.78 is 11.9. The minimum Gasteiger partial charge on any atom is -0.491 e. The highest BCUT2D eigenvalue weighted by molar-refractivity contribution is 5.30. The minimum atomic E-state index is 0.217. The van der Waals surface area contributed by atoms with Crippen molar-refractivity contribution in [2.24, 2.45) is 5.92 Å². The van der Waals surface area contributed by atoms with Crippen LogP contribution in [0.4, 0.5) is 0 Å². The first-order valence-corrected chi connectivity index (χ1v) is 11.6. The number of aryl methyl sites for hydroxylation is 1. The molecule has 30 heavy (non-hydrogen) atoms. The van der Waals surface area contributed by atoms with Crippen LogP contribution in [0.15, 0.2) is 48.5 Å². The summed E-state index contributed by atoms with van der Waals surface area (Å²) in [7, 11) is 0. The molecule has 1 aliphatic rings. The van der Waals surface area contributed by atoms with Crippen LogP contribution in [0.5, 0.6) is 5.75 Å². The molecule has 0 aromatic heterocycles. The molecule has 1 saturated heterocycles. The number of hydrogen-bond acceptors (Lipinski definition) is 2. The van der Waals surface area contributed by atoms with E-state index >= 15 is 0 Å². The third kappa shape index (κ3) is 6.09. The fourth-order valence-corrected chi connectivity index (χ4v) is 4.54. The van der Waals surface area contributed by atoms with E-state index in [-0.39, 0.29) is 11.5 Å². The van der Waals surface area contributed by atoms with Crippen molar-refractivity contribution in [1.29, 1.82) is 0 Å². The molecular weight excluding hydrogens is 370 g/mol. The van der Waals surface area contributed by atoms with Gasteiger partial charge in [-0.1, -0.05) is 43.7 Å². The molecule has 1 aliphatic heterocycles. The molecule has 2 aromatic rings. The van der Waals surface area contributed by atoms with Crippen LogP contribution in [-0.4, -0.2) is 25.4 Å². The maximum atomic E-state index is 6.13. The highest BCUT2D eigenvalue weighted by Crippen LogP contribution is 2.41. The van der Waals surface area contributed by atoms with Gasteiger partial charge in [0.05, 0.1) is 18.8 Å². The summed E-state index contributed by atoms with van der Waals surface area (Å²) in [5, 5.41) is 2.45. The Balaban J connectivity index is 1.62. The predicted octanol–water partition coefficient (Wildman–Crippen LogP) is 5.01. The fraction of sp³-hybridized carbons (Fsp3) is 0.556. The summed E-state index contributed by atoms with van der Waals surface area (Å²) in [6.45, 7) is 13.9. The Labute approximate surface area is 183 Å². The van der Waals surface area contributed by atoms with Crippen molar-refractivity contribution >= 4 is 0 Å². The van der Waals surface area contributed by atoms with Gasteiger partial charge in [-0.3, -0.25) is 0 Å². The summed E-state index contributed by atoms with van der Waals surface area (Å²) in [4.78, 5) is 0. The van der Waals surface area contributed by atoms with Gasteiger partial charge in [-0.25, -0.2) is 0 Å². The third-order valence-corrected chi connectivity index (χ3v) is 6.41. The van der Waals surface area contributed by atoms with Crippen molar-refractivity contribution < 1.29 is 14.8 Å². The van der Waals surface area contributed by atoms with Crippen molar-refractivity contribution in [1.82, 2.24) is 0 Å². The first kappa shape index (κ1) is 22.8. The number of quaternary nitrogens is 1. The molecule has 0 bridgehead atoms. The number of hydrogen-bond donors (Lipinski definition) is 1. The van der Waals surface area contributed by atoms with E-state index in [1.807, 2.05) is 0 Å². The van der Waals surface area contributed by atoms with Crippen LogP contribution in [0.3, 0.4) is 0 Å². The number of nitrogens with two attached hydrogens (primary N) is 1. The first-order chi connectivity index (χ1) is 14.4. The molecule has 0 unspecified atom stereocenters. The van der Waals surface area contributed by atoms with Gasteiger partial charge in [-0.2, -0.15) is 0 Å². The van der Waals surface area contributed by atoms with Crippen LogP contribution >= 0.6 is 0 Å². The molecule has 0 spiro atoms. The van der Waals surface area contributed by atoms with Crippen LogP contribution in [-0.2, 0) is 16.7 Å². The standard InChI is InChI=1S/C27H39NO2/c1-20(2)26-18-27(15-17-29-26,24-10-6-22(5)7-11-24)14-16-28-19-23-8-12-25(13-9-23)30-21(3)4/h6-13,20-21,26,28H,14-19H2,1-5H3/p+1/t26-,27+/m0/s1. The van der Waals surface area contributed by atoms with Gasteiger partial charge in [-0.05, 0) is 69.4 Å². The summed E-state index contributed by atoms with van der Waals surface area (Å²) >= 11 is 0. The van der Waals surface area contributed by atoms with Crippen LogP contribution in [0.1, 0.15) is 63.6 Å². The predicted molar refractivity (Wildman–Crippen MR) is 124 cm³/mol. The molecule has 0 radical (unpaired) electrons. The Morgan fingerprint density at radius 2 is 1.73 bits per heavy atom. The van der Waals surface area contributed by atoms with Gasteiger partial charge in [0.1, 0.15) is 12.3 Å². The molecule has 164 valence electrons. The zero-order chi connectivity index (χ0) is 21.6. The summed E-state index contributed by atoms with van der Waals surface area (Å²) in [6, 6.07) is 17.8. The third-order valence-electron chi connectivity index (χ3n) is 6.41. The van der Waals surface area contributed by atoms with Crippen molar-refractivity contribution in [3.05, 3.63) is 65.2 Å². The molecule has 1 fully saturated rings. The number of rotatable bonds is 9. The van der Waals surface area contributed by atoms with Crippen molar-refractivity contribution in [2.45, 2.75) is 78.0 Å². The van der Waals surface area contributed by atoms with Gasteiger partial charge >= 0.3 is 0 Å². The van der Waals surface area contributed by atoms with Crippen LogP contribution in [0.2, 0.25) is 0 Å². The largest absolute Gasteiger partial charge is 0.491 e. The number of ether oxygens (including phenoxy) is 2. The van der Waals surface area contributed by atoms with Crippen molar-refractivity contribution in [3.63, 3.8) is 0 Å². The molecule has 3 heteroatoms. The average Bonchev–Trinajstić information content (AvgIpc) is 2.72. The zero-order valence-corrected chi connectivity index (χ0v) is 19.5. The van der Waals surface area contributed by atoms with Gasteiger partial charge in [-0.15, -0.1) is 0 Å². The lowest BCUT2D eigenvalue weighted by Crippen LogP contribution is -2.83. The highest BCUT2D eigenvalue weighted by atomic mass is 16.5. The normalized spacial score (nSPS) is 21.9. The van der Waals surface area contributed by atoms with Gasteiger partial charge in [0, 0.05) is 24.0 Å². The van der Waals surface area contributed by atoms with Gasteiger partial charge in [0.25, 0.3) is 0 Å². The lowest BCUT2D eigenvalue weighted by atomic mass is 9.68. The lowest BCUT2D eigenvalue weighted by Gasteiger charge is -2.42. The van der Waals surface area contributed by atoms with Crippen LogP contribution in [0, 0.1) is 12.8 Å². The van der Waals surface area contributed by atoms with Gasteiger partial charge < -0.3 is 14.8 Å². The van der Waals surface area contributed by atoms with E-state index in [2.05, 4.69) is 88.5 Å². The Hall–Kier alpha value is -1.84. The van der Waals surface area contributed by atoms with Gasteiger partial charge in [0.15, 0.2) is 0 Å². The fourth-order valence-electron chi connectivity index (χ4n) is 4.54. The Kier molecular flexibility index (Phi) is 7.96. The van der Waals surface area contributed by atoms with Crippen LogP contribution < -0.4 is 10.1 Å². The second kappa shape index (κ2) is 10.5. The minimum absolute atomic E-state index is 0.217. The lowest BCUT2D eigenvalue weighted by molar-refractivity contribution is -0.671. The Bertz CT molecular complexity index is 766. The van der Waals surface area contributed by atoms with E-state index in [0.717, 1.165) is 38.3 Å². The molecule has 2 N–H and O–H groups in total. The summed E-state index contributed by atoms with van der Waals surface area (Å²) in [5.41, 5.74) is 4.40. The number of benzene rings is 2. The summed E-state index contributed by atoms with van der Waals surface area (Å²) in [6.07, 6.45) is 4.01. The van der Waals surface area contributed by atoms with Crippen LogP contribution in [0.25, 0.3) is 0 Å². The van der Waals surface area contributed by atoms with E-state index in [0.29, 0.717) is 12.0 Å². The Morgan fingerprint density at radius 3 is 2.37 bits per heavy atom. The molecule has 2 atom stereocenters. The zero-order valence-electron chi connectivity index (χ0n) is 19.5. The maximum Gasteiger partial charge on any atom is 0.119 e. The van der Waals surface area contributed by atoms with E-state index in [4.69, 9.17) is 9.47 Å². The van der Waals surface area contributed by atoms with Crippen molar-refractivity contribution in [3.8, 4) is 5.75 Å². The molecule has 2 aromatic carbocycles. The topological polar surface area (TPSA) is 35.1 Å². The molecule has 3 nitrogen and oxygen atoms in total. The first-order valence-electron chi connectivity index (χ1n) is 11.6. The molecule has 0 amide bonds.